The lowest BCUT2D eigenvalue weighted by molar-refractivity contribution is -0.165. The van der Waals surface area contributed by atoms with Crippen molar-refractivity contribution in [2.75, 3.05) is 61.5 Å². The molecular weight excluding hydrogens is 444 g/mol. The van der Waals surface area contributed by atoms with Crippen LogP contribution < -0.4 is 11.2 Å². The van der Waals surface area contributed by atoms with Gasteiger partial charge in [0.15, 0.2) is 12.5 Å². The van der Waals surface area contributed by atoms with Gasteiger partial charge in [0.05, 0.1) is 12.3 Å². The fraction of sp³-hybridized carbons (Fsp3) is 0.800. The monoisotopic (exact) mass is 478 g/mol. The summed E-state index contributed by atoms with van der Waals surface area (Å²) in [7, 11) is 4.44. The highest BCUT2D eigenvalue weighted by Crippen LogP contribution is 2.35. The van der Waals surface area contributed by atoms with E-state index in [4.69, 9.17) is 42.6 Å². The number of rotatable bonds is 16. The van der Waals surface area contributed by atoms with Crippen molar-refractivity contribution in [3.8, 4) is 0 Å². The number of nitrogens with one attached hydrogen (secondary N) is 1. The van der Waals surface area contributed by atoms with E-state index < -0.39 is 42.1 Å². The highest BCUT2D eigenvalue weighted by molar-refractivity contribution is 5.07. The Kier molecular flexibility index (Phi) is 12.2. The lowest BCUT2D eigenvalue weighted by Crippen LogP contribution is -2.43. The molecule has 2 heterocycles. The molecule has 0 aromatic carbocycles. The van der Waals surface area contributed by atoms with Crippen molar-refractivity contribution in [3.63, 3.8) is 0 Å². The van der Waals surface area contributed by atoms with Gasteiger partial charge in [-0.15, -0.1) is 0 Å². The summed E-state index contributed by atoms with van der Waals surface area (Å²) in [6, 6.07) is 1.23. The van der Waals surface area contributed by atoms with Gasteiger partial charge >= 0.3 is 5.69 Å². The van der Waals surface area contributed by atoms with Crippen LogP contribution in [0.15, 0.2) is 15.7 Å². The molecular formula is C20H34N2O11. The summed E-state index contributed by atoms with van der Waals surface area (Å²) < 4.78 is 50.9. The summed E-state index contributed by atoms with van der Waals surface area (Å²) in [5, 5.41) is 0. The van der Waals surface area contributed by atoms with E-state index in [2.05, 4.69) is 4.98 Å². The van der Waals surface area contributed by atoms with Gasteiger partial charge in [-0.05, 0) is 13.8 Å². The maximum Gasteiger partial charge on any atom is 0.330 e. The van der Waals surface area contributed by atoms with Gasteiger partial charge in [-0.3, -0.25) is 14.3 Å². The van der Waals surface area contributed by atoms with Crippen LogP contribution >= 0.6 is 0 Å². The summed E-state index contributed by atoms with van der Waals surface area (Å²) in [5.41, 5.74) is -1.15. The van der Waals surface area contributed by atoms with Crippen LogP contribution in [0.3, 0.4) is 0 Å². The van der Waals surface area contributed by atoms with Crippen LogP contribution in [0, 0.1) is 0 Å². The average molecular weight is 478 g/mol. The number of ether oxygens (including phenoxy) is 9. The smallest absolute Gasteiger partial charge is 0.330 e. The number of hydrogen-bond donors (Lipinski definition) is 1. The average Bonchev–Trinajstić information content (AvgIpc) is 3.12. The van der Waals surface area contributed by atoms with E-state index in [1.165, 1.54) is 32.0 Å². The second kappa shape index (κ2) is 14.6. The van der Waals surface area contributed by atoms with E-state index in [1.807, 2.05) is 0 Å². The van der Waals surface area contributed by atoms with Crippen LogP contribution in [0.5, 0.6) is 0 Å². The predicted octanol–water partition coefficient (Wildman–Crippen LogP) is 0.104. The van der Waals surface area contributed by atoms with Gasteiger partial charge in [0, 0.05) is 40.6 Å². The van der Waals surface area contributed by atoms with Gasteiger partial charge in [0.1, 0.15) is 38.7 Å². The molecule has 13 nitrogen and oxygen atoms in total. The molecule has 0 unspecified atom stereocenters. The molecule has 4 atom stereocenters. The fourth-order valence-electron chi connectivity index (χ4n) is 3.46. The van der Waals surface area contributed by atoms with Crippen molar-refractivity contribution >= 4 is 0 Å². The maximum absolute atomic E-state index is 13.0. The summed E-state index contributed by atoms with van der Waals surface area (Å²) in [4.78, 5) is 27.4. The molecule has 1 aliphatic heterocycles. The van der Waals surface area contributed by atoms with Crippen LogP contribution in [-0.4, -0.2) is 89.4 Å². The van der Waals surface area contributed by atoms with Crippen molar-refractivity contribution < 1.29 is 42.6 Å². The lowest BCUT2D eigenvalue weighted by Gasteiger charge is -2.28. The Hall–Kier alpha value is -1.68. The normalized spacial score (nSPS) is 23.0. The summed E-state index contributed by atoms with van der Waals surface area (Å²) >= 11 is 0. The number of aromatic nitrogens is 2. The van der Waals surface area contributed by atoms with Gasteiger partial charge in [0.2, 0.25) is 0 Å². The third-order valence-electron chi connectivity index (χ3n) is 4.66. The van der Waals surface area contributed by atoms with Crippen LogP contribution in [-0.2, 0) is 42.6 Å². The SMILES string of the molecule is CCOC(OCC)c1cc(=O)[nH]c(=O)n1[C@@H]1O[C@H](COCOC)[C@@H](OCOC)[C@H]1OCOC. The summed E-state index contributed by atoms with van der Waals surface area (Å²) in [6.07, 6.45) is -4.20. The quantitative estimate of drug-likeness (QED) is 0.256. The van der Waals surface area contributed by atoms with Crippen LogP contribution in [0.4, 0.5) is 0 Å². The van der Waals surface area contributed by atoms with Crippen molar-refractivity contribution in [1.82, 2.24) is 9.55 Å². The van der Waals surface area contributed by atoms with Gasteiger partial charge in [-0.1, -0.05) is 0 Å². The third-order valence-corrected chi connectivity index (χ3v) is 4.66. The maximum atomic E-state index is 13.0. The molecule has 1 aromatic rings. The van der Waals surface area contributed by atoms with E-state index in [9.17, 15) is 9.59 Å². The van der Waals surface area contributed by atoms with Crippen molar-refractivity contribution in [2.45, 2.75) is 44.7 Å². The summed E-state index contributed by atoms with van der Waals surface area (Å²) in [5.74, 6) is 0. The predicted molar refractivity (Wildman–Crippen MR) is 113 cm³/mol. The Morgan fingerprint density at radius 3 is 2.15 bits per heavy atom. The zero-order valence-corrected chi connectivity index (χ0v) is 19.6. The second-order valence-corrected chi connectivity index (χ2v) is 6.89. The molecule has 1 aromatic heterocycles. The highest BCUT2D eigenvalue weighted by Gasteiger charge is 2.49. The number of H-pyrrole nitrogens is 1. The van der Waals surface area contributed by atoms with Gasteiger partial charge in [0.25, 0.3) is 5.56 Å². The number of methoxy groups -OCH3 is 3. The molecule has 0 spiro atoms. The van der Waals surface area contributed by atoms with Gasteiger partial charge in [-0.2, -0.15) is 0 Å². The van der Waals surface area contributed by atoms with Gasteiger partial charge < -0.3 is 42.6 Å². The van der Waals surface area contributed by atoms with E-state index in [0.717, 1.165) is 0 Å². The molecule has 0 saturated carbocycles. The standard InChI is InChI=1S/C20H34N2O11/c1-6-29-19(30-7-2)13-8-15(23)21-20(24)22(13)18-17(32-12-27-5)16(31-11-26-4)14(33-18)9-28-10-25-3/h8,14,16-19H,6-7,9-12H2,1-5H3,(H,21,23,24)/t14-,16-,17-,18-/m1/s1. The van der Waals surface area contributed by atoms with E-state index in [0.29, 0.717) is 0 Å². The third kappa shape index (κ3) is 7.40. The molecule has 13 heteroatoms. The Bertz CT molecular complexity index is 793. The molecule has 0 amide bonds. The summed E-state index contributed by atoms with van der Waals surface area (Å²) in [6.45, 7) is 4.08. The molecule has 2 rings (SSSR count). The first kappa shape index (κ1) is 27.6. The zero-order chi connectivity index (χ0) is 24.2. The molecule has 0 radical (unpaired) electrons. The molecule has 190 valence electrons. The first-order valence-electron chi connectivity index (χ1n) is 10.5. The van der Waals surface area contributed by atoms with Crippen molar-refractivity contribution in [3.05, 3.63) is 32.6 Å². The molecule has 1 fully saturated rings. The Balaban J connectivity index is 2.53. The lowest BCUT2D eigenvalue weighted by atomic mass is 10.1. The molecule has 1 N–H and O–H groups in total. The van der Waals surface area contributed by atoms with Crippen LogP contribution in [0.2, 0.25) is 0 Å². The number of hydrogen-bond acceptors (Lipinski definition) is 11. The van der Waals surface area contributed by atoms with Crippen LogP contribution in [0.1, 0.15) is 32.1 Å². The minimum atomic E-state index is -1.03. The minimum Gasteiger partial charge on any atom is -0.359 e. The Labute approximate surface area is 191 Å². The molecule has 0 bridgehead atoms. The zero-order valence-electron chi connectivity index (χ0n) is 19.6. The molecule has 33 heavy (non-hydrogen) atoms. The minimum absolute atomic E-state index is 0.0335. The molecule has 0 aliphatic carbocycles. The van der Waals surface area contributed by atoms with E-state index in [-0.39, 0.29) is 45.9 Å². The number of nitrogens with zero attached hydrogens (tertiary/aromatic N) is 1. The van der Waals surface area contributed by atoms with Crippen LogP contribution in [0.25, 0.3) is 0 Å². The van der Waals surface area contributed by atoms with Crippen molar-refractivity contribution in [1.29, 1.82) is 0 Å². The Morgan fingerprint density at radius 1 is 0.970 bits per heavy atom. The fourth-order valence-corrected chi connectivity index (χ4v) is 3.46. The van der Waals surface area contributed by atoms with Gasteiger partial charge in [-0.25, -0.2) is 4.79 Å². The molecule has 1 aliphatic rings. The Morgan fingerprint density at radius 2 is 1.58 bits per heavy atom. The topological polar surface area (TPSA) is 138 Å². The van der Waals surface area contributed by atoms with Crippen molar-refractivity contribution in [2.24, 2.45) is 0 Å². The second-order valence-electron chi connectivity index (χ2n) is 6.89. The van der Waals surface area contributed by atoms with E-state index in [1.54, 1.807) is 13.8 Å². The first-order valence-corrected chi connectivity index (χ1v) is 10.5. The highest BCUT2D eigenvalue weighted by atomic mass is 16.7. The van der Waals surface area contributed by atoms with E-state index >= 15 is 0 Å². The molecule has 1 saturated heterocycles. The number of aromatic amines is 1. The first-order chi connectivity index (χ1) is 16.0. The largest absolute Gasteiger partial charge is 0.359 e.